The highest BCUT2D eigenvalue weighted by molar-refractivity contribution is 5.10. The van der Waals surface area contributed by atoms with E-state index in [1.807, 2.05) is 6.20 Å². The number of hydrogen-bond donors (Lipinski definition) is 1. The minimum Gasteiger partial charge on any atom is -0.385 e. The molecule has 1 aliphatic rings. The van der Waals surface area contributed by atoms with Gasteiger partial charge in [0, 0.05) is 38.1 Å². The van der Waals surface area contributed by atoms with Crippen LogP contribution in [0.5, 0.6) is 0 Å². The molecule has 4 heteroatoms. The Morgan fingerprint density at radius 1 is 1.59 bits per heavy atom. The van der Waals surface area contributed by atoms with Crippen LogP contribution in [0.2, 0.25) is 0 Å². The van der Waals surface area contributed by atoms with Crippen LogP contribution in [0.3, 0.4) is 0 Å². The molecule has 0 aliphatic carbocycles. The van der Waals surface area contributed by atoms with Crippen molar-refractivity contribution < 1.29 is 4.74 Å². The van der Waals surface area contributed by atoms with Crippen LogP contribution in [0.15, 0.2) is 12.3 Å². The lowest BCUT2D eigenvalue weighted by Gasteiger charge is -2.30. The van der Waals surface area contributed by atoms with E-state index in [0.717, 1.165) is 32.7 Å². The number of methoxy groups -OCH3 is 1. The van der Waals surface area contributed by atoms with E-state index in [2.05, 4.69) is 28.1 Å². The fourth-order valence-corrected chi connectivity index (χ4v) is 2.66. The van der Waals surface area contributed by atoms with E-state index in [1.165, 1.54) is 12.1 Å². The molecule has 0 radical (unpaired) electrons. The molecule has 2 unspecified atom stereocenters. The van der Waals surface area contributed by atoms with Gasteiger partial charge in [-0.1, -0.05) is 6.92 Å². The summed E-state index contributed by atoms with van der Waals surface area (Å²) >= 11 is 0. The molecule has 0 bridgehead atoms. The van der Waals surface area contributed by atoms with Crippen LogP contribution in [0, 0.1) is 5.92 Å². The third-order valence-electron chi connectivity index (χ3n) is 3.63. The van der Waals surface area contributed by atoms with Crippen LogP contribution in [-0.2, 0) is 11.3 Å². The quantitative estimate of drug-likeness (QED) is 0.791. The normalized spacial score (nSPS) is 25.1. The monoisotopic (exact) mass is 237 g/mol. The summed E-state index contributed by atoms with van der Waals surface area (Å²) in [6.45, 7) is 6.34. The zero-order valence-corrected chi connectivity index (χ0v) is 10.9. The standard InChI is InChI=1S/C13H23N3O/c1-11-10-14-6-4-12(11)13-5-7-15-16(13)8-3-9-17-2/h5,7,11-12,14H,3-4,6,8-10H2,1-2H3. The van der Waals surface area contributed by atoms with Gasteiger partial charge in [-0.15, -0.1) is 0 Å². The smallest absolute Gasteiger partial charge is 0.0492 e. The Labute approximate surface area is 103 Å². The lowest BCUT2D eigenvalue weighted by atomic mass is 9.85. The highest BCUT2D eigenvalue weighted by Gasteiger charge is 2.25. The number of aromatic nitrogens is 2. The van der Waals surface area contributed by atoms with Gasteiger partial charge in [-0.25, -0.2) is 0 Å². The number of aryl methyl sites for hydroxylation is 1. The molecular formula is C13H23N3O. The summed E-state index contributed by atoms with van der Waals surface area (Å²) in [6, 6.07) is 2.18. The van der Waals surface area contributed by atoms with Crippen molar-refractivity contribution in [3.8, 4) is 0 Å². The zero-order chi connectivity index (χ0) is 12.1. The molecule has 1 aromatic rings. The Bertz CT molecular complexity index is 337. The topological polar surface area (TPSA) is 39.1 Å². The van der Waals surface area contributed by atoms with Crippen molar-refractivity contribution in [2.75, 3.05) is 26.8 Å². The number of nitrogens with one attached hydrogen (secondary N) is 1. The molecule has 17 heavy (non-hydrogen) atoms. The second-order valence-corrected chi connectivity index (χ2v) is 4.90. The van der Waals surface area contributed by atoms with Gasteiger partial charge in [0.25, 0.3) is 0 Å². The first-order valence-corrected chi connectivity index (χ1v) is 6.54. The van der Waals surface area contributed by atoms with E-state index in [0.29, 0.717) is 11.8 Å². The molecule has 0 amide bonds. The van der Waals surface area contributed by atoms with Gasteiger partial charge >= 0.3 is 0 Å². The van der Waals surface area contributed by atoms with Gasteiger partial charge in [0.2, 0.25) is 0 Å². The number of nitrogens with zero attached hydrogens (tertiary/aromatic N) is 2. The molecule has 96 valence electrons. The maximum Gasteiger partial charge on any atom is 0.0492 e. The summed E-state index contributed by atoms with van der Waals surface area (Å²) in [7, 11) is 1.75. The van der Waals surface area contributed by atoms with Crippen molar-refractivity contribution in [2.45, 2.75) is 32.2 Å². The average molecular weight is 237 g/mol. The molecular weight excluding hydrogens is 214 g/mol. The van der Waals surface area contributed by atoms with Gasteiger partial charge < -0.3 is 10.1 Å². The summed E-state index contributed by atoms with van der Waals surface area (Å²) in [6.07, 6.45) is 4.18. The molecule has 1 saturated heterocycles. The van der Waals surface area contributed by atoms with E-state index in [4.69, 9.17) is 4.74 Å². The predicted octanol–water partition coefficient (Wildman–Crippen LogP) is 1.63. The van der Waals surface area contributed by atoms with Crippen LogP contribution >= 0.6 is 0 Å². The molecule has 1 aromatic heterocycles. The molecule has 1 fully saturated rings. The Morgan fingerprint density at radius 2 is 2.47 bits per heavy atom. The van der Waals surface area contributed by atoms with Gasteiger partial charge in [0.1, 0.15) is 0 Å². The van der Waals surface area contributed by atoms with Crippen molar-refractivity contribution in [1.29, 1.82) is 0 Å². The summed E-state index contributed by atoms with van der Waals surface area (Å²) in [5.41, 5.74) is 1.40. The summed E-state index contributed by atoms with van der Waals surface area (Å²) in [5.74, 6) is 1.35. The number of hydrogen-bond acceptors (Lipinski definition) is 3. The van der Waals surface area contributed by atoms with E-state index < -0.39 is 0 Å². The SMILES string of the molecule is COCCCn1nccc1C1CCNCC1C. The van der Waals surface area contributed by atoms with E-state index in [1.54, 1.807) is 7.11 Å². The fraction of sp³-hybridized carbons (Fsp3) is 0.769. The van der Waals surface area contributed by atoms with Crippen molar-refractivity contribution >= 4 is 0 Å². The van der Waals surface area contributed by atoms with Gasteiger partial charge in [0.05, 0.1) is 0 Å². The van der Waals surface area contributed by atoms with Crippen molar-refractivity contribution in [3.05, 3.63) is 18.0 Å². The van der Waals surface area contributed by atoms with Crippen LogP contribution < -0.4 is 5.32 Å². The van der Waals surface area contributed by atoms with Gasteiger partial charge in [-0.3, -0.25) is 4.68 Å². The van der Waals surface area contributed by atoms with Gasteiger partial charge in [-0.05, 0) is 37.9 Å². The molecule has 0 aromatic carbocycles. The molecule has 1 aliphatic heterocycles. The minimum absolute atomic E-state index is 0.654. The molecule has 2 rings (SSSR count). The Kier molecular flexibility index (Phi) is 4.57. The lowest BCUT2D eigenvalue weighted by molar-refractivity contribution is 0.188. The van der Waals surface area contributed by atoms with Crippen molar-refractivity contribution in [2.24, 2.45) is 5.92 Å². The maximum absolute atomic E-state index is 5.10. The van der Waals surface area contributed by atoms with Gasteiger partial charge in [0.15, 0.2) is 0 Å². The number of rotatable bonds is 5. The van der Waals surface area contributed by atoms with Crippen molar-refractivity contribution in [3.63, 3.8) is 0 Å². The average Bonchev–Trinajstić information content (AvgIpc) is 2.78. The first-order valence-electron chi connectivity index (χ1n) is 6.54. The predicted molar refractivity (Wildman–Crippen MR) is 68.1 cm³/mol. The molecule has 0 saturated carbocycles. The first-order chi connectivity index (χ1) is 8.33. The maximum atomic E-state index is 5.10. The largest absolute Gasteiger partial charge is 0.385 e. The third-order valence-corrected chi connectivity index (χ3v) is 3.63. The Hall–Kier alpha value is -0.870. The zero-order valence-electron chi connectivity index (χ0n) is 10.9. The fourth-order valence-electron chi connectivity index (χ4n) is 2.66. The summed E-state index contributed by atoms with van der Waals surface area (Å²) in [4.78, 5) is 0. The number of piperidine rings is 1. The number of ether oxygens (including phenoxy) is 1. The van der Waals surface area contributed by atoms with E-state index in [9.17, 15) is 0 Å². The van der Waals surface area contributed by atoms with Crippen LogP contribution in [-0.4, -0.2) is 36.6 Å². The molecule has 2 heterocycles. The highest BCUT2D eigenvalue weighted by Crippen LogP contribution is 2.29. The minimum atomic E-state index is 0.654. The van der Waals surface area contributed by atoms with E-state index in [-0.39, 0.29) is 0 Å². The van der Waals surface area contributed by atoms with E-state index >= 15 is 0 Å². The third kappa shape index (κ3) is 3.07. The second-order valence-electron chi connectivity index (χ2n) is 4.90. The molecule has 4 nitrogen and oxygen atoms in total. The molecule has 0 spiro atoms. The first kappa shape index (κ1) is 12.6. The van der Waals surface area contributed by atoms with Crippen LogP contribution in [0.25, 0.3) is 0 Å². The van der Waals surface area contributed by atoms with Crippen LogP contribution in [0.1, 0.15) is 31.4 Å². The summed E-state index contributed by atoms with van der Waals surface area (Å²) in [5, 5.41) is 7.89. The van der Waals surface area contributed by atoms with Gasteiger partial charge in [-0.2, -0.15) is 5.10 Å². The molecule has 1 N–H and O–H groups in total. The lowest BCUT2D eigenvalue weighted by Crippen LogP contribution is -2.34. The van der Waals surface area contributed by atoms with Crippen LogP contribution in [0.4, 0.5) is 0 Å². The summed E-state index contributed by atoms with van der Waals surface area (Å²) < 4.78 is 7.25. The Morgan fingerprint density at radius 3 is 3.24 bits per heavy atom. The van der Waals surface area contributed by atoms with Crippen molar-refractivity contribution in [1.82, 2.24) is 15.1 Å². The second kappa shape index (κ2) is 6.17. The Balaban J connectivity index is 2.01. The highest BCUT2D eigenvalue weighted by atomic mass is 16.5. The molecule has 2 atom stereocenters.